The Morgan fingerprint density at radius 2 is 2.09 bits per heavy atom. The number of aromatic nitrogens is 1. The lowest BCUT2D eigenvalue weighted by Gasteiger charge is -2.42. The zero-order valence-corrected chi connectivity index (χ0v) is 13.4. The largest absolute Gasteiger partial charge is 0.493 e. The number of hydrogen-bond acceptors (Lipinski definition) is 5. The van der Waals surface area contributed by atoms with Gasteiger partial charge in [-0.1, -0.05) is 0 Å². The molecule has 3 heterocycles. The van der Waals surface area contributed by atoms with Crippen molar-refractivity contribution < 1.29 is 4.74 Å². The van der Waals surface area contributed by atoms with Crippen molar-refractivity contribution in [3.05, 3.63) is 18.3 Å². The van der Waals surface area contributed by atoms with Gasteiger partial charge in [0.25, 0.3) is 0 Å². The van der Waals surface area contributed by atoms with Crippen molar-refractivity contribution in [3.8, 4) is 5.75 Å². The Labute approximate surface area is 132 Å². The first kappa shape index (κ1) is 14.3. The average Bonchev–Trinajstić information content (AvgIpc) is 3.01. The van der Waals surface area contributed by atoms with E-state index in [0.29, 0.717) is 5.41 Å². The van der Waals surface area contributed by atoms with E-state index in [4.69, 9.17) is 4.74 Å². The standard InChI is InChI=1S/C17H26N4O/c1-22-15-3-2-6-19-16(15)21-9-7-20(8-10-21)14-4-5-17(11-14)12-18-13-17/h2-3,6,14,18H,4-5,7-13H2,1H3. The number of nitrogens with one attached hydrogen (secondary N) is 1. The minimum absolute atomic E-state index is 0.645. The molecule has 0 amide bonds. The highest BCUT2D eigenvalue weighted by Crippen LogP contribution is 2.43. The van der Waals surface area contributed by atoms with Gasteiger partial charge in [-0.25, -0.2) is 4.98 Å². The van der Waals surface area contributed by atoms with Crippen molar-refractivity contribution in [1.82, 2.24) is 15.2 Å². The third-order valence-electron chi connectivity index (χ3n) is 5.78. The minimum atomic E-state index is 0.645. The molecule has 3 fully saturated rings. The van der Waals surface area contributed by atoms with Crippen LogP contribution in [0.2, 0.25) is 0 Å². The molecule has 0 bridgehead atoms. The van der Waals surface area contributed by atoms with Gasteiger partial charge < -0.3 is 15.0 Å². The zero-order valence-electron chi connectivity index (χ0n) is 13.4. The third-order valence-corrected chi connectivity index (χ3v) is 5.78. The van der Waals surface area contributed by atoms with E-state index in [-0.39, 0.29) is 0 Å². The molecule has 1 aromatic heterocycles. The second-order valence-electron chi connectivity index (χ2n) is 7.05. The van der Waals surface area contributed by atoms with Gasteiger partial charge in [0.05, 0.1) is 7.11 Å². The number of piperazine rings is 1. The summed E-state index contributed by atoms with van der Waals surface area (Å²) in [7, 11) is 1.72. The zero-order chi connectivity index (χ0) is 15.0. The maximum atomic E-state index is 5.45. The predicted octanol–water partition coefficient (Wildman–Crippen LogP) is 1.35. The first-order valence-electron chi connectivity index (χ1n) is 8.48. The number of nitrogens with zero attached hydrogens (tertiary/aromatic N) is 3. The third kappa shape index (κ3) is 2.46. The second kappa shape index (κ2) is 5.70. The molecule has 0 aromatic carbocycles. The lowest BCUT2D eigenvalue weighted by atomic mass is 9.80. The molecule has 1 unspecified atom stereocenters. The normalized spacial score (nSPS) is 27.9. The summed E-state index contributed by atoms with van der Waals surface area (Å²) >= 11 is 0. The van der Waals surface area contributed by atoms with Crippen LogP contribution in [0.15, 0.2) is 18.3 Å². The van der Waals surface area contributed by atoms with Crippen LogP contribution in [0.4, 0.5) is 5.82 Å². The molecular formula is C17H26N4O. The lowest BCUT2D eigenvalue weighted by molar-refractivity contribution is 0.135. The topological polar surface area (TPSA) is 40.6 Å². The number of anilines is 1. The van der Waals surface area contributed by atoms with Gasteiger partial charge in [-0.3, -0.25) is 4.90 Å². The molecule has 120 valence electrons. The van der Waals surface area contributed by atoms with Crippen molar-refractivity contribution in [2.24, 2.45) is 5.41 Å². The van der Waals surface area contributed by atoms with Crippen LogP contribution in [0.3, 0.4) is 0 Å². The molecule has 5 nitrogen and oxygen atoms in total. The first-order chi connectivity index (χ1) is 10.8. The molecule has 1 atom stereocenters. The molecular weight excluding hydrogens is 276 g/mol. The van der Waals surface area contributed by atoms with Crippen LogP contribution in [0.1, 0.15) is 19.3 Å². The summed E-state index contributed by atoms with van der Waals surface area (Å²) in [6.07, 6.45) is 6.05. The van der Waals surface area contributed by atoms with E-state index in [0.717, 1.165) is 43.8 Å². The van der Waals surface area contributed by atoms with Crippen molar-refractivity contribution in [1.29, 1.82) is 0 Å². The Bertz CT molecular complexity index is 523. The predicted molar refractivity (Wildman–Crippen MR) is 87.5 cm³/mol. The molecule has 3 aliphatic rings. The molecule has 4 rings (SSSR count). The van der Waals surface area contributed by atoms with E-state index in [2.05, 4.69) is 20.1 Å². The number of pyridine rings is 1. The number of rotatable bonds is 3. The molecule has 2 saturated heterocycles. The summed E-state index contributed by atoms with van der Waals surface area (Å²) in [5, 5.41) is 3.46. The summed E-state index contributed by atoms with van der Waals surface area (Å²) in [6.45, 7) is 6.88. The van der Waals surface area contributed by atoms with E-state index in [1.165, 1.54) is 32.4 Å². The Kier molecular flexibility index (Phi) is 3.70. The maximum Gasteiger partial charge on any atom is 0.171 e. The highest BCUT2D eigenvalue weighted by atomic mass is 16.5. The van der Waals surface area contributed by atoms with Gasteiger partial charge in [-0.05, 0) is 36.8 Å². The molecule has 1 aliphatic carbocycles. The summed E-state index contributed by atoms with van der Waals surface area (Å²) in [6, 6.07) is 4.73. The smallest absolute Gasteiger partial charge is 0.171 e. The summed E-state index contributed by atoms with van der Waals surface area (Å²) < 4.78 is 5.45. The van der Waals surface area contributed by atoms with Crippen LogP contribution in [0.5, 0.6) is 5.75 Å². The van der Waals surface area contributed by atoms with E-state index < -0.39 is 0 Å². The van der Waals surface area contributed by atoms with Crippen LogP contribution >= 0.6 is 0 Å². The van der Waals surface area contributed by atoms with Gasteiger partial charge in [0.15, 0.2) is 11.6 Å². The lowest BCUT2D eigenvalue weighted by Crippen LogP contribution is -2.54. The number of methoxy groups -OCH3 is 1. The molecule has 1 N–H and O–H groups in total. The maximum absolute atomic E-state index is 5.45. The second-order valence-corrected chi connectivity index (χ2v) is 7.05. The van der Waals surface area contributed by atoms with E-state index in [9.17, 15) is 0 Å². The van der Waals surface area contributed by atoms with Gasteiger partial charge in [0.2, 0.25) is 0 Å². The van der Waals surface area contributed by atoms with E-state index in [1.807, 2.05) is 18.3 Å². The Hall–Kier alpha value is -1.33. The molecule has 1 saturated carbocycles. The molecule has 2 aliphatic heterocycles. The quantitative estimate of drug-likeness (QED) is 0.913. The van der Waals surface area contributed by atoms with Crippen LogP contribution in [-0.4, -0.2) is 62.3 Å². The molecule has 0 radical (unpaired) electrons. The van der Waals surface area contributed by atoms with Gasteiger partial charge in [-0.15, -0.1) is 0 Å². The van der Waals surface area contributed by atoms with Crippen LogP contribution < -0.4 is 15.0 Å². The van der Waals surface area contributed by atoms with Crippen molar-refractivity contribution in [3.63, 3.8) is 0 Å². The van der Waals surface area contributed by atoms with Gasteiger partial charge in [-0.2, -0.15) is 0 Å². The Balaban J connectivity index is 1.36. The summed E-state index contributed by atoms with van der Waals surface area (Å²) in [4.78, 5) is 9.59. The fourth-order valence-corrected chi connectivity index (χ4v) is 4.37. The summed E-state index contributed by atoms with van der Waals surface area (Å²) in [5.74, 6) is 1.88. The van der Waals surface area contributed by atoms with Gasteiger partial charge >= 0.3 is 0 Å². The summed E-state index contributed by atoms with van der Waals surface area (Å²) in [5.41, 5.74) is 0.645. The SMILES string of the molecule is COc1cccnc1N1CCN(C2CCC3(CNC3)C2)CC1. The molecule has 1 spiro atoms. The fraction of sp³-hybridized carbons (Fsp3) is 0.706. The number of hydrogen-bond donors (Lipinski definition) is 1. The van der Waals surface area contributed by atoms with Crippen LogP contribution in [0, 0.1) is 5.41 Å². The number of ether oxygens (including phenoxy) is 1. The minimum Gasteiger partial charge on any atom is -0.493 e. The van der Waals surface area contributed by atoms with E-state index >= 15 is 0 Å². The van der Waals surface area contributed by atoms with Crippen molar-refractivity contribution in [2.75, 3.05) is 51.3 Å². The Morgan fingerprint density at radius 3 is 2.73 bits per heavy atom. The monoisotopic (exact) mass is 302 g/mol. The van der Waals surface area contributed by atoms with E-state index in [1.54, 1.807) is 7.11 Å². The van der Waals surface area contributed by atoms with Crippen molar-refractivity contribution in [2.45, 2.75) is 25.3 Å². The Morgan fingerprint density at radius 1 is 1.27 bits per heavy atom. The van der Waals surface area contributed by atoms with Gasteiger partial charge in [0, 0.05) is 51.5 Å². The molecule has 22 heavy (non-hydrogen) atoms. The highest BCUT2D eigenvalue weighted by molar-refractivity contribution is 5.52. The van der Waals surface area contributed by atoms with Crippen molar-refractivity contribution >= 4 is 5.82 Å². The molecule has 1 aromatic rings. The van der Waals surface area contributed by atoms with Crippen LogP contribution in [-0.2, 0) is 0 Å². The first-order valence-corrected chi connectivity index (χ1v) is 8.48. The van der Waals surface area contributed by atoms with Gasteiger partial charge in [0.1, 0.15) is 0 Å². The average molecular weight is 302 g/mol. The molecule has 5 heteroatoms. The highest BCUT2D eigenvalue weighted by Gasteiger charge is 2.45. The van der Waals surface area contributed by atoms with Crippen LogP contribution in [0.25, 0.3) is 0 Å². The fourth-order valence-electron chi connectivity index (χ4n) is 4.37.